The Labute approximate surface area is 187 Å². The zero-order valence-corrected chi connectivity index (χ0v) is 19.1. The average molecular weight is 441 g/mol. The monoisotopic (exact) mass is 440 g/mol. The first-order valence-corrected chi connectivity index (χ1v) is 10.8. The van der Waals surface area contributed by atoms with Crippen molar-refractivity contribution in [3.8, 4) is 5.75 Å². The summed E-state index contributed by atoms with van der Waals surface area (Å²) in [6.07, 6.45) is 1.82. The van der Waals surface area contributed by atoms with Gasteiger partial charge in [-0.25, -0.2) is 0 Å². The number of aromatic nitrogens is 2. The SMILES string of the molecule is CCn1c(C)cc(C2C(c3ccccn3)NC(=S)N2c2ccc(OC)c(Cl)c2)c1C. The summed E-state index contributed by atoms with van der Waals surface area (Å²) < 4.78 is 7.66. The largest absolute Gasteiger partial charge is 0.495 e. The second kappa shape index (κ2) is 8.28. The Morgan fingerprint density at radius 2 is 2.00 bits per heavy atom. The third-order valence-corrected chi connectivity index (χ3v) is 6.37. The maximum atomic E-state index is 6.45. The maximum Gasteiger partial charge on any atom is 0.174 e. The second-order valence-electron chi connectivity index (χ2n) is 7.39. The highest BCUT2D eigenvalue weighted by Crippen LogP contribution is 2.44. The van der Waals surface area contributed by atoms with E-state index in [1.54, 1.807) is 7.11 Å². The highest BCUT2D eigenvalue weighted by Gasteiger charge is 2.42. The molecule has 0 amide bonds. The van der Waals surface area contributed by atoms with E-state index in [4.69, 9.17) is 28.6 Å². The molecule has 2 atom stereocenters. The smallest absolute Gasteiger partial charge is 0.174 e. The van der Waals surface area contributed by atoms with Crippen molar-refractivity contribution in [2.24, 2.45) is 0 Å². The van der Waals surface area contributed by atoms with Gasteiger partial charge in [-0.05, 0) is 75.0 Å². The Bertz CT molecular complexity index is 1080. The predicted octanol–water partition coefficient (Wildman–Crippen LogP) is 5.36. The Kier molecular flexibility index (Phi) is 5.71. The Hall–Kier alpha value is -2.57. The van der Waals surface area contributed by atoms with Gasteiger partial charge in [0, 0.05) is 29.8 Å². The molecule has 4 rings (SSSR count). The number of hydrogen-bond acceptors (Lipinski definition) is 3. The summed E-state index contributed by atoms with van der Waals surface area (Å²) in [5, 5.41) is 4.70. The van der Waals surface area contributed by atoms with Gasteiger partial charge in [-0.15, -0.1) is 0 Å². The molecule has 156 valence electrons. The van der Waals surface area contributed by atoms with Crippen molar-refractivity contribution in [2.45, 2.75) is 39.4 Å². The number of ether oxygens (including phenoxy) is 1. The van der Waals surface area contributed by atoms with Gasteiger partial charge in [-0.3, -0.25) is 4.98 Å². The van der Waals surface area contributed by atoms with Crippen LogP contribution in [-0.4, -0.2) is 21.8 Å². The zero-order valence-electron chi connectivity index (χ0n) is 17.5. The molecular formula is C23H25ClN4OS. The van der Waals surface area contributed by atoms with Gasteiger partial charge in [-0.1, -0.05) is 17.7 Å². The molecule has 0 radical (unpaired) electrons. The van der Waals surface area contributed by atoms with Crippen LogP contribution in [0.25, 0.3) is 0 Å². The first-order chi connectivity index (χ1) is 14.5. The molecule has 2 aromatic heterocycles. The van der Waals surface area contributed by atoms with Gasteiger partial charge in [-0.2, -0.15) is 0 Å². The fraction of sp³-hybridized carbons (Fsp3) is 0.304. The van der Waals surface area contributed by atoms with Gasteiger partial charge in [0.2, 0.25) is 0 Å². The van der Waals surface area contributed by atoms with Crippen molar-refractivity contribution in [1.29, 1.82) is 0 Å². The fourth-order valence-electron chi connectivity index (χ4n) is 4.37. The number of anilines is 1. The Morgan fingerprint density at radius 1 is 1.20 bits per heavy atom. The summed E-state index contributed by atoms with van der Waals surface area (Å²) in [5.74, 6) is 0.639. The molecule has 3 aromatic rings. The number of benzene rings is 1. The minimum absolute atomic E-state index is 0.0524. The van der Waals surface area contributed by atoms with Crippen LogP contribution in [0, 0.1) is 13.8 Å². The molecule has 1 fully saturated rings. The first-order valence-electron chi connectivity index (χ1n) is 9.97. The van der Waals surface area contributed by atoms with Crippen LogP contribution in [0.3, 0.4) is 0 Å². The summed E-state index contributed by atoms with van der Waals surface area (Å²) in [5.41, 5.74) is 5.56. The average Bonchev–Trinajstić information content (AvgIpc) is 3.23. The first kappa shape index (κ1) is 20.7. The van der Waals surface area contributed by atoms with E-state index < -0.39 is 0 Å². The molecule has 0 spiro atoms. The number of thiocarbonyl (C=S) groups is 1. The summed E-state index contributed by atoms with van der Waals surface area (Å²) in [6, 6.07) is 13.9. The van der Waals surface area contributed by atoms with Gasteiger partial charge in [0.25, 0.3) is 0 Å². The van der Waals surface area contributed by atoms with Crippen molar-refractivity contribution in [3.63, 3.8) is 0 Å². The minimum Gasteiger partial charge on any atom is -0.495 e. The van der Waals surface area contributed by atoms with E-state index in [1.165, 1.54) is 17.0 Å². The normalized spacial score (nSPS) is 18.6. The summed E-state index contributed by atoms with van der Waals surface area (Å²) in [4.78, 5) is 6.76. The second-order valence-corrected chi connectivity index (χ2v) is 8.18. The molecule has 1 aliphatic rings. The van der Waals surface area contributed by atoms with E-state index >= 15 is 0 Å². The molecule has 0 bridgehead atoms. The lowest BCUT2D eigenvalue weighted by Gasteiger charge is -2.28. The van der Waals surface area contributed by atoms with Crippen LogP contribution in [0.15, 0.2) is 48.7 Å². The number of aryl methyl sites for hydroxylation is 1. The van der Waals surface area contributed by atoms with Gasteiger partial charge >= 0.3 is 0 Å². The molecular weight excluding hydrogens is 416 g/mol. The quantitative estimate of drug-likeness (QED) is 0.541. The van der Waals surface area contributed by atoms with Crippen molar-refractivity contribution in [1.82, 2.24) is 14.9 Å². The maximum absolute atomic E-state index is 6.45. The van der Waals surface area contributed by atoms with Crippen LogP contribution in [0.1, 0.15) is 41.7 Å². The number of pyridine rings is 1. The molecule has 0 aliphatic carbocycles. The van der Waals surface area contributed by atoms with E-state index in [1.807, 2.05) is 42.6 Å². The fourth-order valence-corrected chi connectivity index (χ4v) is 4.97. The molecule has 30 heavy (non-hydrogen) atoms. The van der Waals surface area contributed by atoms with Gasteiger partial charge in [0.1, 0.15) is 5.75 Å². The van der Waals surface area contributed by atoms with E-state index in [0.717, 1.165) is 17.9 Å². The van der Waals surface area contributed by atoms with E-state index in [-0.39, 0.29) is 12.1 Å². The molecule has 3 heterocycles. The summed E-state index contributed by atoms with van der Waals surface area (Å²) in [6.45, 7) is 7.40. The van der Waals surface area contributed by atoms with Crippen LogP contribution in [0.4, 0.5) is 5.69 Å². The van der Waals surface area contributed by atoms with Gasteiger partial charge in [0.15, 0.2) is 5.11 Å². The molecule has 1 aliphatic heterocycles. The molecule has 1 saturated heterocycles. The van der Waals surface area contributed by atoms with Crippen LogP contribution < -0.4 is 15.0 Å². The number of halogens is 1. The van der Waals surface area contributed by atoms with Gasteiger partial charge < -0.3 is 19.5 Å². The van der Waals surface area contributed by atoms with Gasteiger partial charge in [0.05, 0.1) is 29.9 Å². The predicted molar refractivity (Wildman–Crippen MR) is 126 cm³/mol. The highest BCUT2D eigenvalue weighted by atomic mass is 35.5. The number of methoxy groups -OCH3 is 1. The van der Waals surface area contributed by atoms with Crippen molar-refractivity contribution >= 4 is 34.6 Å². The Balaban J connectivity index is 1.88. The van der Waals surface area contributed by atoms with Crippen molar-refractivity contribution < 1.29 is 4.74 Å². The molecule has 5 nitrogen and oxygen atoms in total. The van der Waals surface area contributed by atoms with Crippen LogP contribution in [0.5, 0.6) is 5.75 Å². The van der Waals surface area contributed by atoms with E-state index in [9.17, 15) is 0 Å². The van der Waals surface area contributed by atoms with E-state index in [2.05, 4.69) is 46.6 Å². The van der Waals surface area contributed by atoms with Crippen molar-refractivity contribution in [2.75, 3.05) is 12.0 Å². The van der Waals surface area contributed by atoms with E-state index in [0.29, 0.717) is 15.9 Å². The third kappa shape index (κ3) is 3.44. The number of rotatable bonds is 5. The lowest BCUT2D eigenvalue weighted by atomic mass is 9.96. The molecule has 1 aromatic carbocycles. The molecule has 7 heteroatoms. The summed E-state index contributed by atoms with van der Waals surface area (Å²) >= 11 is 12.3. The van der Waals surface area contributed by atoms with Crippen molar-refractivity contribution in [3.05, 3.63) is 76.3 Å². The van der Waals surface area contributed by atoms with Crippen LogP contribution in [-0.2, 0) is 6.54 Å². The molecule has 2 unspecified atom stereocenters. The zero-order chi connectivity index (χ0) is 21.4. The highest BCUT2D eigenvalue weighted by molar-refractivity contribution is 7.80. The number of nitrogens with zero attached hydrogens (tertiary/aromatic N) is 3. The van der Waals surface area contributed by atoms with Crippen LogP contribution >= 0.6 is 23.8 Å². The van der Waals surface area contributed by atoms with Crippen LogP contribution in [0.2, 0.25) is 5.02 Å². The number of hydrogen-bond donors (Lipinski definition) is 1. The standard InChI is InChI=1S/C23H25ClN4OS/c1-5-27-14(2)12-17(15(27)3)22-21(19-8-6-7-11-25-19)26-23(30)28(22)16-9-10-20(29-4)18(24)13-16/h6-13,21-22H,5H2,1-4H3,(H,26,30). The minimum atomic E-state index is -0.0783. The Morgan fingerprint density at radius 3 is 2.60 bits per heavy atom. The third-order valence-electron chi connectivity index (χ3n) is 5.76. The lowest BCUT2D eigenvalue weighted by Crippen LogP contribution is -2.29. The lowest BCUT2D eigenvalue weighted by molar-refractivity contribution is 0.415. The molecule has 1 N–H and O–H groups in total. The molecule has 0 saturated carbocycles. The summed E-state index contributed by atoms with van der Waals surface area (Å²) in [7, 11) is 1.61. The number of nitrogens with one attached hydrogen (secondary N) is 1. The topological polar surface area (TPSA) is 42.3 Å².